The average molecular weight is 388 g/mol. The van der Waals surface area contributed by atoms with Crippen molar-refractivity contribution in [3.63, 3.8) is 0 Å². The highest BCUT2D eigenvalue weighted by Crippen LogP contribution is 2.21. The van der Waals surface area contributed by atoms with Crippen molar-refractivity contribution in [3.05, 3.63) is 64.7 Å². The van der Waals surface area contributed by atoms with Gasteiger partial charge < -0.3 is 14.8 Å². The first-order valence-electron chi connectivity index (χ1n) is 8.58. The Kier molecular flexibility index (Phi) is 7.44. The van der Waals surface area contributed by atoms with Gasteiger partial charge in [-0.05, 0) is 50.6 Å². The van der Waals surface area contributed by atoms with Crippen LogP contribution in [-0.2, 0) is 14.3 Å². The molecule has 0 fully saturated rings. The molecule has 2 aromatic rings. The monoisotopic (exact) mass is 387 g/mol. The van der Waals surface area contributed by atoms with Crippen LogP contribution in [0, 0.1) is 6.92 Å². The van der Waals surface area contributed by atoms with Gasteiger partial charge in [-0.1, -0.05) is 35.9 Å². The molecule has 0 saturated heterocycles. The molecule has 142 valence electrons. The quantitative estimate of drug-likeness (QED) is 0.555. The number of carbonyl (C=O) groups is 2. The number of anilines is 1. The highest BCUT2D eigenvalue weighted by atomic mass is 35.5. The zero-order valence-corrected chi connectivity index (χ0v) is 16.2. The second-order valence-electron chi connectivity index (χ2n) is 5.83. The van der Waals surface area contributed by atoms with Gasteiger partial charge in [0.2, 0.25) is 0 Å². The van der Waals surface area contributed by atoms with E-state index in [-0.39, 0.29) is 0 Å². The van der Waals surface area contributed by atoms with Crippen LogP contribution in [-0.4, -0.2) is 24.6 Å². The number of hydrogen-bond donors (Lipinski definition) is 1. The molecule has 0 unspecified atom stereocenters. The topological polar surface area (TPSA) is 64.6 Å². The summed E-state index contributed by atoms with van der Waals surface area (Å²) < 4.78 is 10.7. The third-order valence-corrected chi connectivity index (χ3v) is 3.97. The highest BCUT2D eigenvalue weighted by Gasteiger charge is 2.17. The second kappa shape index (κ2) is 9.78. The smallest absolute Gasteiger partial charge is 0.331 e. The standard InChI is InChI=1S/C21H22ClNO4/c1-4-26-19-8-6-5-7-16(19)10-12-20(24)27-15(3)21(25)23-18-13-17(22)11-9-14(18)2/h5-13,15H,4H2,1-3H3,(H,23,25)/b12-10+/t15-/m1/s1. The lowest BCUT2D eigenvalue weighted by Crippen LogP contribution is -2.29. The zero-order chi connectivity index (χ0) is 19.8. The van der Waals surface area contributed by atoms with Crippen LogP contribution >= 0.6 is 11.6 Å². The van der Waals surface area contributed by atoms with Crippen molar-refractivity contribution in [2.24, 2.45) is 0 Å². The first-order valence-corrected chi connectivity index (χ1v) is 8.96. The number of ether oxygens (including phenoxy) is 2. The van der Waals surface area contributed by atoms with Crippen molar-refractivity contribution in [2.75, 3.05) is 11.9 Å². The Morgan fingerprint density at radius 2 is 1.96 bits per heavy atom. The summed E-state index contributed by atoms with van der Waals surface area (Å²) in [7, 11) is 0. The molecule has 27 heavy (non-hydrogen) atoms. The third-order valence-electron chi connectivity index (χ3n) is 3.74. The van der Waals surface area contributed by atoms with Gasteiger partial charge in [0.05, 0.1) is 6.61 Å². The number of hydrogen-bond acceptors (Lipinski definition) is 4. The molecule has 0 radical (unpaired) electrons. The number of esters is 1. The summed E-state index contributed by atoms with van der Waals surface area (Å²) in [4.78, 5) is 24.3. The summed E-state index contributed by atoms with van der Waals surface area (Å²) in [6.45, 7) is 5.77. The molecule has 0 bridgehead atoms. The lowest BCUT2D eigenvalue weighted by Gasteiger charge is -2.14. The summed E-state index contributed by atoms with van der Waals surface area (Å²) in [5.41, 5.74) is 2.19. The van der Waals surface area contributed by atoms with E-state index in [2.05, 4.69) is 5.32 Å². The van der Waals surface area contributed by atoms with Crippen molar-refractivity contribution in [3.8, 4) is 5.75 Å². The van der Waals surface area contributed by atoms with Crippen LogP contribution in [0.4, 0.5) is 5.69 Å². The van der Waals surface area contributed by atoms with Crippen molar-refractivity contribution < 1.29 is 19.1 Å². The average Bonchev–Trinajstić information content (AvgIpc) is 2.64. The number of benzene rings is 2. The normalized spacial score (nSPS) is 11.9. The summed E-state index contributed by atoms with van der Waals surface area (Å²) in [5, 5.41) is 3.22. The summed E-state index contributed by atoms with van der Waals surface area (Å²) >= 11 is 5.94. The van der Waals surface area contributed by atoms with Crippen molar-refractivity contribution in [1.82, 2.24) is 0 Å². The van der Waals surface area contributed by atoms with Gasteiger partial charge >= 0.3 is 5.97 Å². The van der Waals surface area contributed by atoms with Crippen molar-refractivity contribution in [1.29, 1.82) is 0 Å². The van der Waals surface area contributed by atoms with Gasteiger partial charge in [0.1, 0.15) is 5.75 Å². The number of nitrogens with one attached hydrogen (secondary N) is 1. The zero-order valence-electron chi connectivity index (χ0n) is 15.5. The molecule has 1 amide bonds. The molecule has 0 aromatic heterocycles. The Hall–Kier alpha value is -2.79. The molecule has 0 saturated carbocycles. The molecule has 0 heterocycles. The van der Waals surface area contributed by atoms with E-state index in [1.54, 1.807) is 24.3 Å². The van der Waals surface area contributed by atoms with Crippen LogP contribution in [0.3, 0.4) is 0 Å². The molecule has 0 aliphatic carbocycles. The number of carbonyl (C=O) groups excluding carboxylic acids is 2. The molecular weight excluding hydrogens is 366 g/mol. The maximum absolute atomic E-state index is 12.2. The van der Waals surface area contributed by atoms with E-state index in [1.807, 2.05) is 38.1 Å². The van der Waals surface area contributed by atoms with Gasteiger partial charge in [0.25, 0.3) is 5.91 Å². The molecule has 2 rings (SSSR count). The second-order valence-corrected chi connectivity index (χ2v) is 6.27. The van der Waals surface area contributed by atoms with Gasteiger partial charge in [0.15, 0.2) is 6.10 Å². The SMILES string of the molecule is CCOc1ccccc1/C=C/C(=O)O[C@H](C)C(=O)Nc1cc(Cl)ccc1C. The molecule has 5 nitrogen and oxygen atoms in total. The van der Waals surface area contributed by atoms with E-state index in [4.69, 9.17) is 21.1 Å². The number of aryl methyl sites for hydroxylation is 1. The van der Waals surface area contributed by atoms with Crippen LogP contribution in [0.25, 0.3) is 6.08 Å². The minimum atomic E-state index is -0.956. The van der Waals surface area contributed by atoms with Crippen molar-refractivity contribution in [2.45, 2.75) is 26.9 Å². The Labute approximate surface area is 163 Å². The lowest BCUT2D eigenvalue weighted by atomic mass is 10.2. The Balaban J connectivity index is 1.96. The van der Waals surface area contributed by atoms with E-state index in [9.17, 15) is 9.59 Å². The number of halogens is 1. The molecule has 1 atom stereocenters. The first-order chi connectivity index (χ1) is 12.9. The van der Waals surface area contributed by atoms with Crippen LogP contribution in [0.1, 0.15) is 25.0 Å². The molecular formula is C21H22ClNO4. The van der Waals surface area contributed by atoms with E-state index in [1.165, 1.54) is 13.0 Å². The van der Waals surface area contributed by atoms with Crippen LogP contribution in [0.15, 0.2) is 48.5 Å². The fourth-order valence-corrected chi connectivity index (χ4v) is 2.47. The molecule has 6 heteroatoms. The fourth-order valence-electron chi connectivity index (χ4n) is 2.29. The largest absolute Gasteiger partial charge is 0.493 e. The number of rotatable bonds is 7. The Morgan fingerprint density at radius 1 is 1.22 bits per heavy atom. The van der Waals surface area contributed by atoms with E-state index in [0.29, 0.717) is 23.1 Å². The van der Waals surface area contributed by atoms with E-state index in [0.717, 1.165) is 11.1 Å². The minimum Gasteiger partial charge on any atom is -0.493 e. The predicted octanol–water partition coefficient (Wildman–Crippen LogP) is 4.63. The molecule has 0 spiro atoms. The van der Waals surface area contributed by atoms with Crippen LogP contribution < -0.4 is 10.1 Å². The minimum absolute atomic E-state index is 0.433. The Morgan fingerprint density at radius 3 is 2.70 bits per heavy atom. The van der Waals surface area contributed by atoms with E-state index < -0.39 is 18.0 Å². The number of amides is 1. The summed E-state index contributed by atoms with van der Waals surface area (Å²) in [6.07, 6.45) is 1.91. The van der Waals surface area contributed by atoms with Gasteiger partial charge in [-0.2, -0.15) is 0 Å². The predicted molar refractivity (Wildman–Crippen MR) is 107 cm³/mol. The third kappa shape index (κ3) is 6.15. The van der Waals surface area contributed by atoms with Gasteiger partial charge in [0, 0.05) is 22.3 Å². The fraction of sp³-hybridized carbons (Fsp3) is 0.238. The summed E-state index contributed by atoms with van der Waals surface area (Å²) in [6, 6.07) is 12.5. The summed E-state index contributed by atoms with van der Waals surface area (Å²) in [5.74, 6) is -0.380. The molecule has 1 N–H and O–H groups in total. The van der Waals surface area contributed by atoms with Crippen LogP contribution in [0.2, 0.25) is 5.02 Å². The maximum atomic E-state index is 12.2. The highest BCUT2D eigenvalue weighted by molar-refractivity contribution is 6.31. The molecule has 0 aliphatic heterocycles. The van der Waals surface area contributed by atoms with E-state index >= 15 is 0 Å². The first kappa shape index (κ1) is 20.5. The van der Waals surface area contributed by atoms with Crippen LogP contribution in [0.5, 0.6) is 5.75 Å². The van der Waals surface area contributed by atoms with Gasteiger partial charge in [-0.15, -0.1) is 0 Å². The Bertz CT molecular complexity index is 848. The van der Waals surface area contributed by atoms with Gasteiger partial charge in [-0.3, -0.25) is 4.79 Å². The number of para-hydroxylation sites is 1. The molecule has 0 aliphatic rings. The van der Waals surface area contributed by atoms with Gasteiger partial charge in [-0.25, -0.2) is 4.79 Å². The maximum Gasteiger partial charge on any atom is 0.331 e. The molecule has 2 aromatic carbocycles. The lowest BCUT2D eigenvalue weighted by molar-refractivity contribution is -0.148. The van der Waals surface area contributed by atoms with Crippen molar-refractivity contribution >= 4 is 35.2 Å².